The summed E-state index contributed by atoms with van der Waals surface area (Å²) in [6.45, 7) is 6.44. The van der Waals surface area contributed by atoms with Crippen LogP contribution >= 0.6 is 0 Å². The standard InChI is InChI=1S/C69H116O6/c1-4-7-10-13-16-19-21-23-24-25-26-27-28-29-30-31-32-33-34-35-36-37-38-39-40-41-42-43-44-46-47-50-53-56-59-62-68(71)74-65-66(64-73-67(70)61-58-55-52-49-18-15-12-9-6-3)75-69(72)63-60-57-54-51-48-45-22-20-17-14-11-8-5-2/h7,10-11,14,16,19-20,22-24,26-27,29-30,32-33,35-36,66H,4-6,8-9,12-13,15,17-18,21,25,28,31,34,37-65H2,1-3H3/b10-7-,14-11-,19-16-,22-20-,24-23-,27-26-,30-29-,33-32-,36-35-. The van der Waals surface area contributed by atoms with E-state index in [0.717, 1.165) is 135 Å². The molecule has 0 N–H and O–H groups in total. The highest BCUT2D eigenvalue weighted by Crippen LogP contribution is 2.16. The first-order valence-electron chi connectivity index (χ1n) is 31.4. The van der Waals surface area contributed by atoms with E-state index in [1.165, 1.54) is 116 Å². The Bertz CT molecular complexity index is 1520. The number of rotatable bonds is 56. The lowest BCUT2D eigenvalue weighted by molar-refractivity contribution is -0.167. The van der Waals surface area contributed by atoms with Gasteiger partial charge in [0.15, 0.2) is 6.10 Å². The fourth-order valence-electron chi connectivity index (χ4n) is 8.58. The fraction of sp³-hybridized carbons (Fsp3) is 0.696. The molecule has 0 amide bonds. The third-order valence-electron chi connectivity index (χ3n) is 13.2. The van der Waals surface area contributed by atoms with Gasteiger partial charge in [-0.15, -0.1) is 0 Å². The normalized spacial score (nSPS) is 12.8. The fourth-order valence-corrected chi connectivity index (χ4v) is 8.58. The summed E-state index contributed by atoms with van der Waals surface area (Å²) in [5.74, 6) is -0.895. The molecule has 0 aliphatic carbocycles. The minimum atomic E-state index is -0.782. The Labute approximate surface area is 463 Å². The molecule has 0 heterocycles. The first kappa shape index (κ1) is 71.1. The first-order chi connectivity index (χ1) is 37.0. The monoisotopic (exact) mass is 1040 g/mol. The highest BCUT2D eigenvalue weighted by molar-refractivity contribution is 5.71. The van der Waals surface area contributed by atoms with Gasteiger partial charge in [0.1, 0.15) is 13.2 Å². The van der Waals surface area contributed by atoms with E-state index in [1.807, 2.05) is 0 Å². The molecule has 0 fully saturated rings. The Morgan fingerprint density at radius 2 is 0.547 bits per heavy atom. The smallest absolute Gasteiger partial charge is 0.306 e. The molecule has 6 nitrogen and oxygen atoms in total. The molecule has 6 heteroatoms. The molecular formula is C69H116O6. The maximum absolute atomic E-state index is 12.8. The maximum atomic E-state index is 12.8. The molecule has 0 aromatic carbocycles. The first-order valence-corrected chi connectivity index (χ1v) is 31.4. The Morgan fingerprint density at radius 1 is 0.280 bits per heavy atom. The second-order valence-electron chi connectivity index (χ2n) is 20.6. The molecule has 0 aliphatic rings. The number of carbonyl (C=O) groups is 3. The summed E-state index contributed by atoms with van der Waals surface area (Å²) in [7, 11) is 0. The van der Waals surface area contributed by atoms with Gasteiger partial charge in [-0.3, -0.25) is 14.4 Å². The minimum Gasteiger partial charge on any atom is -0.462 e. The lowest BCUT2D eigenvalue weighted by atomic mass is 10.0. The molecule has 1 atom stereocenters. The second kappa shape index (κ2) is 62.6. The number of carbonyl (C=O) groups excluding carboxylic acids is 3. The predicted octanol–water partition coefficient (Wildman–Crippen LogP) is 21.4. The van der Waals surface area contributed by atoms with E-state index >= 15 is 0 Å². The van der Waals surface area contributed by atoms with Crippen molar-refractivity contribution >= 4 is 17.9 Å². The zero-order valence-electron chi connectivity index (χ0n) is 49.0. The van der Waals surface area contributed by atoms with Gasteiger partial charge in [0, 0.05) is 19.3 Å². The molecule has 0 rings (SSSR count). The van der Waals surface area contributed by atoms with Crippen LogP contribution in [0.2, 0.25) is 0 Å². The summed E-state index contributed by atoms with van der Waals surface area (Å²) in [5, 5.41) is 0. The van der Waals surface area contributed by atoms with Crippen LogP contribution in [0.3, 0.4) is 0 Å². The Kier molecular flexibility index (Phi) is 59.3. The van der Waals surface area contributed by atoms with Crippen molar-refractivity contribution in [1.82, 2.24) is 0 Å². The van der Waals surface area contributed by atoms with Gasteiger partial charge in [-0.2, -0.15) is 0 Å². The van der Waals surface area contributed by atoms with Crippen molar-refractivity contribution in [2.75, 3.05) is 13.2 Å². The maximum Gasteiger partial charge on any atom is 0.306 e. The van der Waals surface area contributed by atoms with Crippen LogP contribution in [0.1, 0.15) is 290 Å². The van der Waals surface area contributed by atoms with E-state index in [-0.39, 0.29) is 31.1 Å². The lowest BCUT2D eigenvalue weighted by Gasteiger charge is -2.18. The van der Waals surface area contributed by atoms with Gasteiger partial charge in [-0.1, -0.05) is 278 Å². The van der Waals surface area contributed by atoms with Gasteiger partial charge in [-0.05, 0) is 103 Å². The van der Waals surface area contributed by atoms with E-state index in [9.17, 15) is 14.4 Å². The molecule has 0 bridgehead atoms. The van der Waals surface area contributed by atoms with Crippen molar-refractivity contribution in [3.63, 3.8) is 0 Å². The average molecular weight is 1040 g/mol. The molecule has 1 unspecified atom stereocenters. The summed E-state index contributed by atoms with van der Waals surface area (Å²) < 4.78 is 16.8. The number of hydrogen-bond donors (Lipinski definition) is 0. The van der Waals surface area contributed by atoms with Crippen LogP contribution in [0.25, 0.3) is 0 Å². The van der Waals surface area contributed by atoms with Crippen molar-refractivity contribution in [3.05, 3.63) is 109 Å². The topological polar surface area (TPSA) is 78.9 Å². The van der Waals surface area contributed by atoms with Gasteiger partial charge >= 0.3 is 17.9 Å². The number of ether oxygens (including phenoxy) is 3. The van der Waals surface area contributed by atoms with Crippen LogP contribution in [0.15, 0.2) is 109 Å². The summed E-state index contributed by atoms with van der Waals surface area (Å²) in [4.78, 5) is 38.0. The highest BCUT2D eigenvalue weighted by Gasteiger charge is 2.19. The summed E-state index contributed by atoms with van der Waals surface area (Å²) in [5.41, 5.74) is 0. The molecule has 75 heavy (non-hydrogen) atoms. The van der Waals surface area contributed by atoms with Gasteiger partial charge in [-0.25, -0.2) is 0 Å². The largest absolute Gasteiger partial charge is 0.462 e. The average Bonchev–Trinajstić information content (AvgIpc) is 3.41. The van der Waals surface area contributed by atoms with Gasteiger partial charge < -0.3 is 14.2 Å². The summed E-state index contributed by atoms with van der Waals surface area (Å²) in [6.07, 6.45) is 85.4. The van der Waals surface area contributed by atoms with Crippen LogP contribution < -0.4 is 0 Å². The van der Waals surface area contributed by atoms with Crippen molar-refractivity contribution < 1.29 is 28.6 Å². The van der Waals surface area contributed by atoms with Crippen molar-refractivity contribution in [2.24, 2.45) is 0 Å². The highest BCUT2D eigenvalue weighted by atomic mass is 16.6. The third-order valence-corrected chi connectivity index (χ3v) is 13.2. The zero-order valence-corrected chi connectivity index (χ0v) is 49.0. The van der Waals surface area contributed by atoms with E-state index in [1.54, 1.807) is 0 Å². The van der Waals surface area contributed by atoms with Gasteiger partial charge in [0.05, 0.1) is 0 Å². The van der Waals surface area contributed by atoms with Crippen molar-refractivity contribution in [1.29, 1.82) is 0 Å². The molecule has 0 saturated heterocycles. The Hall–Kier alpha value is -3.93. The van der Waals surface area contributed by atoms with Gasteiger partial charge in [0.2, 0.25) is 0 Å². The molecule has 0 aromatic heterocycles. The number of hydrogen-bond acceptors (Lipinski definition) is 6. The van der Waals surface area contributed by atoms with E-state index < -0.39 is 6.10 Å². The quantitative estimate of drug-likeness (QED) is 0.0261. The summed E-state index contributed by atoms with van der Waals surface area (Å²) >= 11 is 0. The van der Waals surface area contributed by atoms with Crippen LogP contribution in [-0.2, 0) is 28.6 Å². The van der Waals surface area contributed by atoms with Crippen LogP contribution in [0.5, 0.6) is 0 Å². The Balaban J connectivity index is 4.08. The molecule has 0 aromatic rings. The Morgan fingerprint density at radius 3 is 0.867 bits per heavy atom. The van der Waals surface area contributed by atoms with E-state index in [2.05, 4.69) is 130 Å². The zero-order chi connectivity index (χ0) is 54.3. The van der Waals surface area contributed by atoms with E-state index in [0.29, 0.717) is 19.3 Å². The van der Waals surface area contributed by atoms with Gasteiger partial charge in [0.25, 0.3) is 0 Å². The van der Waals surface area contributed by atoms with Crippen molar-refractivity contribution in [3.8, 4) is 0 Å². The molecular weight excluding hydrogens is 925 g/mol. The molecule has 428 valence electrons. The van der Waals surface area contributed by atoms with Crippen molar-refractivity contribution in [2.45, 2.75) is 297 Å². The second-order valence-corrected chi connectivity index (χ2v) is 20.6. The van der Waals surface area contributed by atoms with Crippen LogP contribution in [-0.4, -0.2) is 37.2 Å². The third kappa shape index (κ3) is 60.8. The molecule has 0 spiro atoms. The number of esters is 3. The van der Waals surface area contributed by atoms with E-state index in [4.69, 9.17) is 14.2 Å². The SMILES string of the molecule is CC/C=C\C/C=C\C/C=C\C/C=C\C/C=C\C/C=C\C/C=C\CCCCCCCCCCCCCCCC(=O)OCC(COC(=O)CCCCCCCCCCC)OC(=O)CCCCCCC/C=C\C/C=C\CCC. The van der Waals surface area contributed by atoms with Crippen LogP contribution in [0, 0.1) is 0 Å². The summed E-state index contributed by atoms with van der Waals surface area (Å²) in [6, 6.07) is 0. The molecule has 0 radical (unpaired) electrons. The predicted molar refractivity (Wildman–Crippen MR) is 325 cm³/mol. The molecule has 0 saturated carbocycles. The number of unbranched alkanes of at least 4 members (excludes halogenated alkanes) is 27. The van der Waals surface area contributed by atoms with Crippen LogP contribution in [0.4, 0.5) is 0 Å². The lowest BCUT2D eigenvalue weighted by Crippen LogP contribution is -2.30. The minimum absolute atomic E-state index is 0.0810. The number of allylic oxidation sites excluding steroid dienone is 18. The molecule has 0 aliphatic heterocycles.